The Bertz CT molecular complexity index is 1180. The maximum atomic E-state index is 15.2. The minimum atomic E-state index is -2.70. The third-order valence-corrected chi connectivity index (χ3v) is 10.3. The van der Waals surface area contributed by atoms with E-state index in [9.17, 15) is 23.9 Å². The Kier molecular flexibility index (Phi) is 6.49. The number of carbonyl (C=O) groups is 3. The molecular weight excluding hydrogens is 516 g/mol. The molecule has 11 heteroatoms. The molecule has 1 aromatic carbocycles. The highest BCUT2D eigenvalue weighted by atomic mass is 19.1. The Morgan fingerprint density at radius 1 is 1.10 bits per heavy atom. The molecule has 0 radical (unpaired) electrons. The zero-order valence-electron chi connectivity index (χ0n) is 22.4. The summed E-state index contributed by atoms with van der Waals surface area (Å²) in [6.07, 6.45) is -1.25. The number of hydrogen-bond donors (Lipinski definition) is 2. The third-order valence-electron chi connectivity index (χ3n) is 10.3. The van der Waals surface area contributed by atoms with Crippen LogP contribution in [0.3, 0.4) is 0 Å². The smallest absolute Gasteiger partial charge is 0.479 e. The Morgan fingerprint density at radius 3 is 2.33 bits per heavy atom. The third kappa shape index (κ3) is 4.11. The summed E-state index contributed by atoms with van der Waals surface area (Å²) in [6, 6.07) is 5.44. The Balaban J connectivity index is 1.23. The van der Waals surface area contributed by atoms with Gasteiger partial charge in [0, 0.05) is 24.2 Å². The van der Waals surface area contributed by atoms with Gasteiger partial charge in [0.05, 0.1) is 12.7 Å². The monoisotopic (exact) mass is 551 g/mol. The number of hydrogen-bond acceptors (Lipinski definition) is 8. The van der Waals surface area contributed by atoms with E-state index in [1.165, 1.54) is 31.2 Å². The number of carboxylic acid groups (broad SMARTS) is 1. The largest absolute Gasteiger partial charge is 0.511 e. The predicted molar refractivity (Wildman–Crippen MR) is 131 cm³/mol. The van der Waals surface area contributed by atoms with E-state index in [1.54, 1.807) is 0 Å². The van der Waals surface area contributed by atoms with Gasteiger partial charge in [0.1, 0.15) is 17.5 Å². The van der Waals surface area contributed by atoms with Crippen LogP contribution in [-0.2, 0) is 35.1 Å². The molecular formula is C28H35F2NO8. The lowest BCUT2D eigenvalue weighted by Crippen LogP contribution is -2.61. The van der Waals surface area contributed by atoms with Crippen LogP contribution in [0.1, 0.15) is 58.9 Å². The van der Waals surface area contributed by atoms with E-state index in [1.807, 2.05) is 0 Å². The first kappa shape index (κ1) is 27.8. The Labute approximate surface area is 225 Å². The molecule has 4 aliphatic rings. The van der Waals surface area contributed by atoms with Gasteiger partial charge in [-0.05, 0) is 54.7 Å². The minimum Gasteiger partial charge on any atom is -0.479 e. The number of aliphatic carboxylic acids is 1. The van der Waals surface area contributed by atoms with Crippen LogP contribution in [0, 0.1) is 34.4 Å². The lowest BCUT2D eigenvalue weighted by Gasteiger charge is -2.38. The van der Waals surface area contributed by atoms with Crippen molar-refractivity contribution in [3.05, 3.63) is 35.6 Å². The van der Waals surface area contributed by atoms with E-state index in [4.69, 9.17) is 24.7 Å². The first-order chi connectivity index (χ1) is 18.2. The number of alkyl halides is 1. The highest BCUT2D eigenvalue weighted by Gasteiger charge is 2.85. The molecule has 0 aliphatic heterocycles. The molecule has 0 heterocycles. The van der Waals surface area contributed by atoms with Crippen LogP contribution >= 0.6 is 0 Å². The standard InChI is InChI=1S/C28H35F2NO8/c1-14(38-24(35)39-19-11-16-9-10-26(19,4)25(16,2)3)37-23(34)28(31)20(12-18-21(28)27(18,30)22(32)33)36-13-15-5-7-17(29)8-6-15/h5-8,14,16,18-21H,9-13,31H2,1-4H3,(H,32,33)/t14?,16-,18-,19+,20-,21+,26+,27-,28+/m1/s1. The van der Waals surface area contributed by atoms with Gasteiger partial charge in [0.2, 0.25) is 12.0 Å². The molecule has 0 spiro atoms. The molecule has 5 rings (SSSR count). The van der Waals surface area contributed by atoms with Crippen molar-refractivity contribution in [2.75, 3.05) is 0 Å². The van der Waals surface area contributed by atoms with Crippen molar-refractivity contribution >= 4 is 18.1 Å². The van der Waals surface area contributed by atoms with Gasteiger partial charge in [-0.15, -0.1) is 0 Å². The summed E-state index contributed by atoms with van der Waals surface area (Å²) in [6.45, 7) is 7.67. The van der Waals surface area contributed by atoms with Crippen LogP contribution in [0.2, 0.25) is 0 Å². The van der Waals surface area contributed by atoms with Crippen molar-refractivity contribution in [3.63, 3.8) is 0 Å². The van der Waals surface area contributed by atoms with Crippen LogP contribution in [0.4, 0.5) is 13.6 Å². The van der Waals surface area contributed by atoms with E-state index in [0.717, 1.165) is 19.3 Å². The molecule has 1 aromatic rings. The molecule has 1 unspecified atom stereocenters. The summed E-state index contributed by atoms with van der Waals surface area (Å²) in [5.74, 6) is -5.30. The number of rotatable bonds is 8. The number of benzene rings is 1. The van der Waals surface area contributed by atoms with Crippen molar-refractivity contribution in [3.8, 4) is 0 Å². The highest BCUT2D eigenvalue weighted by molar-refractivity contribution is 5.91. The summed E-state index contributed by atoms with van der Waals surface area (Å²) in [4.78, 5) is 37.5. The van der Waals surface area contributed by atoms with Gasteiger partial charge in [0.25, 0.3) is 0 Å². The minimum absolute atomic E-state index is 0.0111. The molecule has 39 heavy (non-hydrogen) atoms. The van der Waals surface area contributed by atoms with Crippen LogP contribution in [-0.4, -0.2) is 52.9 Å². The van der Waals surface area contributed by atoms with E-state index in [-0.39, 0.29) is 30.0 Å². The molecule has 4 fully saturated rings. The van der Waals surface area contributed by atoms with Gasteiger partial charge >= 0.3 is 18.1 Å². The van der Waals surface area contributed by atoms with Crippen LogP contribution in [0.15, 0.2) is 24.3 Å². The lowest BCUT2D eigenvalue weighted by molar-refractivity contribution is -0.184. The maximum absolute atomic E-state index is 15.2. The van der Waals surface area contributed by atoms with Gasteiger partial charge in [-0.2, -0.15) is 0 Å². The van der Waals surface area contributed by atoms with Crippen molar-refractivity contribution in [2.45, 2.75) is 89.7 Å². The van der Waals surface area contributed by atoms with Crippen LogP contribution in [0.5, 0.6) is 0 Å². The molecule has 214 valence electrons. The molecule has 0 saturated heterocycles. The lowest BCUT2D eigenvalue weighted by atomic mass is 9.70. The Morgan fingerprint density at radius 2 is 1.77 bits per heavy atom. The number of esters is 1. The van der Waals surface area contributed by atoms with E-state index < -0.39 is 59.3 Å². The molecule has 2 bridgehead atoms. The van der Waals surface area contributed by atoms with Crippen molar-refractivity contribution in [1.82, 2.24) is 0 Å². The van der Waals surface area contributed by atoms with Crippen molar-refractivity contribution in [1.29, 1.82) is 0 Å². The SMILES string of the molecule is CC(OC(=O)O[C@H]1C[C@H]2CC[C@]1(C)C2(C)C)OC(=O)[C@@]1(N)[C@H]2[C@@H](C[C@H]1OCc1ccc(F)cc1)[C@]2(F)C(=O)O. The summed E-state index contributed by atoms with van der Waals surface area (Å²) in [5.41, 5.74) is 1.94. The number of halogens is 2. The summed E-state index contributed by atoms with van der Waals surface area (Å²) >= 11 is 0. The molecule has 9 atom stereocenters. The molecule has 3 N–H and O–H groups in total. The molecule has 9 nitrogen and oxygen atoms in total. The number of fused-ring (bicyclic) bond motifs is 3. The quantitative estimate of drug-likeness (QED) is 0.362. The van der Waals surface area contributed by atoms with E-state index in [0.29, 0.717) is 11.5 Å². The van der Waals surface area contributed by atoms with E-state index >= 15 is 4.39 Å². The van der Waals surface area contributed by atoms with Gasteiger partial charge in [-0.25, -0.2) is 23.2 Å². The first-order valence-electron chi connectivity index (χ1n) is 13.3. The summed E-state index contributed by atoms with van der Waals surface area (Å²) in [7, 11) is 0. The topological polar surface area (TPSA) is 134 Å². The van der Waals surface area contributed by atoms with Crippen molar-refractivity contribution in [2.24, 2.45) is 34.3 Å². The van der Waals surface area contributed by atoms with E-state index in [2.05, 4.69) is 20.8 Å². The second-order valence-corrected chi connectivity index (χ2v) is 12.3. The fourth-order valence-electron chi connectivity index (χ4n) is 7.44. The van der Waals surface area contributed by atoms with Gasteiger partial charge in [-0.3, -0.25) is 0 Å². The fourth-order valence-corrected chi connectivity index (χ4v) is 7.44. The van der Waals surface area contributed by atoms with Gasteiger partial charge < -0.3 is 29.8 Å². The highest BCUT2D eigenvalue weighted by Crippen LogP contribution is 2.68. The Hall–Kier alpha value is -2.79. The van der Waals surface area contributed by atoms with Gasteiger partial charge in [0.15, 0.2) is 0 Å². The second-order valence-electron chi connectivity index (χ2n) is 12.3. The number of nitrogens with two attached hydrogens (primary N) is 1. The molecule has 4 aliphatic carbocycles. The normalized spacial score (nSPS) is 40.0. The molecule has 0 aromatic heterocycles. The van der Waals surface area contributed by atoms with Crippen molar-refractivity contribution < 1.29 is 47.2 Å². The summed E-state index contributed by atoms with van der Waals surface area (Å²) < 4.78 is 50.4. The van der Waals surface area contributed by atoms with Crippen LogP contribution in [0.25, 0.3) is 0 Å². The number of carboxylic acids is 1. The number of carbonyl (C=O) groups excluding carboxylic acids is 2. The average Bonchev–Trinajstić information content (AvgIpc) is 3.14. The van der Waals surface area contributed by atoms with Crippen LogP contribution < -0.4 is 5.73 Å². The first-order valence-corrected chi connectivity index (χ1v) is 13.3. The average molecular weight is 552 g/mol. The predicted octanol–water partition coefficient (Wildman–Crippen LogP) is 4.11. The van der Waals surface area contributed by atoms with Gasteiger partial charge in [-0.1, -0.05) is 32.9 Å². The molecule has 0 amide bonds. The molecule has 4 saturated carbocycles. The summed E-state index contributed by atoms with van der Waals surface area (Å²) in [5, 5.41) is 9.45. The second kappa shape index (κ2) is 9.12. The number of ether oxygens (including phenoxy) is 4. The maximum Gasteiger partial charge on any atom is 0.511 e. The fraction of sp³-hybridized carbons (Fsp3) is 0.679. The zero-order chi connectivity index (χ0) is 28.5. The zero-order valence-corrected chi connectivity index (χ0v) is 22.4.